The van der Waals surface area contributed by atoms with Crippen molar-refractivity contribution in [3.8, 4) is 0 Å². The highest BCUT2D eigenvalue weighted by Gasteiger charge is 2.08. The molecule has 3 nitrogen and oxygen atoms in total. The first-order valence-electron chi connectivity index (χ1n) is 7.46. The monoisotopic (exact) mass is 258 g/mol. The van der Waals surface area contributed by atoms with E-state index in [4.69, 9.17) is 4.74 Å². The topological polar surface area (TPSA) is 24.5 Å². The molecule has 0 aliphatic carbocycles. The van der Waals surface area contributed by atoms with Crippen molar-refractivity contribution in [3.63, 3.8) is 0 Å². The van der Waals surface area contributed by atoms with E-state index >= 15 is 0 Å². The van der Waals surface area contributed by atoms with Crippen LogP contribution >= 0.6 is 0 Å². The van der Waals surface area contributed by atoms with E-state index in [1.54, 1.807) is 0 Å². The first kappa shape index (κ1) is 17.9. The van der Waals surface area contributed by atoms with E-state index in [2.05, 4.69) is 51.9 Å². The fourth-order valence-corrected chi connectivity index (χ4v) is 1.79. The zero-order chi connectivity index (χ0) is 14.0. The molecule has 0 heterocycles. The van der Waals surface area contributed by atoms with Crippen LogP contribution in [-0.4, -0.2) is 50.3 Å². The molecule has 0 saturated heterocycles. The third kappa shape index (κ3) is 11.0. The van der Waals surface area contributed by atoms with Crippen molar-refractivity contribution in [2.75, 3.05) is 33.3 Å². The lowest BCUT2D eigenvalue weighted by atomic mass is 10.1. The normalized spacial score (nSPS) is 13.8. The highest BCUT2D eigenvalue weighted by atomic mass is 16.5. The van der Waals surface area contributed by atoms with Gasteiger partial charge in [0, 0.05) is 12.6 Å². The van der Waals surface area contributed by atoms with Crippen molar-refractivity contribution >= 4 is 0 Å². The van der Waals surface area contributed by atoms with E-state index < -0.39 is 0 Å². The molecule has 0 spiro atoms. The maximum absolute atomic E-state index is 5.58. The molecule has 18 heavy (non-hydrogen) atoms. The van der Waals surface area contributed by atoms with Gasteiger partial charge in [0.2, 0.25) is 0 Å². The molecule has 110 valence electrons. The van der Waals surface area contributed by atoms with Crippen LogP contribution in [0.1, 0.15) is 47.5 Å². The number of hydrogen-bond acceptors (Lipinski definition) is 3. The van der Waals surface area contributed by atoms with Crippen LogP contribution in [0.4, 0.5) is 0 Å². The van der Waals surface area contributed by atoms with E-state index in [-0.39, 0.29) is 0 Å². The molecule has 0 rings (SSSR count). The Morgan fingerprint density at radius 2 is 1.78 bits per heavy atom. The van der Waals surface area contributed by atoms with E-state index in [1.807, 2.05) is 0 Å². The summed E-state index contributed by atoms with van der Waals surface area (Å²) in [5, 5.41) is 3.49. The van der Waals surface area contributed by atoms with Gasteiger partial charge in [-0.3, -0.25) is 0 Å². The van der Waals surface area contributed by atoms with Gasteiger partial charge in [0.15, 0.2) is 0 Å². The van der Waals surface area contributed by atoms with Gasteiger partial charge in [-0.2, -0.15) is 0 Å². The first-order valence-corrected chi connectivity index (χ1v) is 7.46. The molecule has 0 aromatic heterocycles. The zero-order valence-electron chi connectivity index (χ0n) is 13.3. The average molecular weight is 258 g/mol. The van der Waals surface area contributed by atoms with Crippen molar-refractivity contribution < 1.29 is 4.74 Å². The molecule has 0 aromatic rings. The van der Waals surface area contributed by atoms with Crippen molar-refractivity contribution in [1.29, 1.82) is 0 Å². The molecule has 0 radical (unpaired) electrons. The van der Waals surface area contributed by atoms with Crippen LogP contribution in [0.15, 0.2) is 0 Å². The number of nitrogens with one attached hydrogen (secondary N) is 1. The first-order chi connectivity index (χ1) is 8.43. The molecule has 0 aliphatic heterocycles. The number of likely N-dealkylation sites (N-methyl/N-ethyl adjacent to an activating group) is 1. The SMILES string of the molecule is CC(C)CNCCCC(C)N(C)CCOC(C)C. The molecule has 0 bridgehead atoms. The van der Waals surface area contributed by atoms with Crippen LogP contribution < -0.4 is 5.32 Å². The Labute approximate surface area is 114 Å². The summed E-state index contributed by atoms with van der Waals surface area (Å²) in [6.07, 6.45) is 2.85. The quantitative estimate of drug-likeness (QED) is 0.577. The minimum atomic E-state index is 0.342. The molecule has 0 aliphatic rings. The van der Waals surface area contributed by atoms with Crippen molar-refractivity contribution in [2.45, 2.75) is 59.6 Å². The lowest BCUT2D eigenvalue weighted by Gasteiger charge is -2.25. The predicted octanol–water partition coefficient (Wildman–Crippen LogP) is 2.76. The Morgan fingerprint density at radius 3 is 2.33 bits per heavy atom. The van der Waals surface area contributed by atoms with Gasteiger partial charge in [-0.25, -0.2) is 0 Å². The molecule has 1 atom stereocenters. The zero-order valence-corrected chi connectivity index (χ0v) is 13.3. The van der Waals surface area contributed by atoms with Crippen LogP contribution in [0, 0.1) is 5.92 Å². The lowest BCUT2D eigenvalue weighted by Crippen LogP contribution is -2.33. The van der Waals surface area contributed by atoms with Gasteiger partial charge in [0.05, 0.1) is 12.7 Å². The summed E-state index contributed by atoms with van der Waals surface area (Å²) < 4.78 is 5.58. The third-order valence-electron chi connectivity index (χ3n) is 3.18. The Hall–Kier alpha value is -0.120. The van der Waals surface area contributed by atoms with Crippen LogP contribution in [0.25, 0.3) is 0 Å². The van der Waals surface area contributed by atoms with Crippen LogP contribution in [-0.2, 0) is 4.74 Å². The van der Waals surface area contributed by atoms with Gasteiger partial charge < -0.3 is 15.0 Å². The standard InChI is InChI=1S/C15H34N2O/c1-13(2)12-16-9-7-8-15(5)17(6)10-11-18-14(3)4/h13-16H,7-12H2,1-6H3. The smallest absolute Gasteiger partial charge is 0.0596 e. The molecular weight excluding hydrogens is 224 g/mol. The van der Waals surface area contributed by atoms with E-state index in [9.17, 15) is 0 Å². The average Bonchev–Trinajstić information content (AvgIpc) is 2.27. The Morgan fingerprint density at radius 1 is 1.11 bits per heavy atom. The molecule has 0 fully saturated rings. The Bertz CT molecular complexity index is 183. The van der Waals surface area contributed by atoms with Gasteiger partial charge in [0.1, 0.15) is 0 Å². The Kier molecular flexibility index (Phi) is 10.7. The minimum Gasteiger partial charge on any atom is -0.377 e. The largest absolute Gasteiger partial charge is 0.377 e. The molecule has 0 amide bonds. The van der Waals surface area contributed by atoms with Crippen molar-refractivity contribution in [1.82, 2.24) is 10.2 Å². The highest BCUT2D eigenvalue weighted by Crippen LogP contribution is 2.04. The van der Waals surface area contributed by atoms with E-state index in [1.165, 1.54) is 12.8 Å². The number of nitrogens with zero attached hydrogens (tertiary/aromatic N) is 1. The number of rotatable bonds is 11. The maximum atomic E-state index is 5.58. The van der Waals surface area contributed by atoms with Crippen molar-refractivity contribution in [2.24, 2.45) is 5.92 Å². The number of ether oxygens (including phenoxy) is 1. The van der Waals surface area contributed by atoms with Gasteiger partial charge in [-0.15, -0.1) is 0 Å². The number of hydrogen-bond donors (Lipinski definition) is 1. The van der Waals surface area contributed by atoms with Crippen LogP contribution in [0.3, 0.4) is 0 Å². The third-order valence-corrected chi connectivity index (χ3v) is 3.18. The highest BCUT2D eigenvalue weighted by molar-refractivity contribution is 4.64. The molecule has 3 heteroatoms. The molecule has 0 aromatic carbocycles. The minimum absolute atomic E-state index is 0.342. The second kappa shape index (κ2) is 10.8. The Balaban J connectivity index is 3.46. The summed E-state index contributed by atoms with van der Waals surface area (Å²) in [4.78, 5) is 2.39. The summed E-state index contributed by atoms with van der Waals surface area (Å²) >= 11 is 0. The van der Waals surface area contributed by atoms with E-state index in [0.717, 1.165) is 32.2 Å². The van der Waals surface area contributed by atoms with Gasteiger partial charge >= 0.3 is 0 Å². The van der Waals surface area contributed by atoms with Gasteiger partial charge in [-0.1, -0.05) is 13.8 Å². The summed E-state index contributed by atoms with van der Waals surface area (Å²) in [6, 6.07) is 0.640. The van der Waals surface area contributed by atoms with Crippen LogP contribution in [0.2, 0.25) is 0 Å². The summed E-state index contributed by atoms with van der Waals surface area (Å²) in [5.74, 6) is 0.748. The lowest BCUT2D eigenvalue weighted by molar-refractivity contribution is 0.0564. The van der Waals surface area contributed by atoms with Crippen LogP contribution in [0.5, 0.6) is 0 Å². The fraction of sp³-hybridized carbons (Fsp3) is 1.00. The molecule has 0 saturated carbocycles. The summed E-state index contributed by atoms with van der Waals surface area (Å²) in [7, 11) is 2.19. The molecule has 1 N–H and O–H groups in total. The van der Waals surface area contributed by atoms with E-state index in [0.29, 0.717) is 12.1 Å². The maximum Gasteiger partial charge on any atom is 0.0596 e. The van der Waals surface area contributed by atoms with Gasteiger partial charge in [-0.05, 0) is 59.7 Å². The molecule has 1 unspecified atom stereocenters. The van der Waals surface area contributed by atoms with Crippen molar-refractivity contribution in [3.05, 3.63) is 0 Å². The van der Waals surface area contributed by atoms with Gasteiger partial charge in [0.25, 0.3) is 0 Å². The summed E-state index contributed by atoms with van der Waals surface area (Å²) in [6.45, 7) is 15.1. The predicted molar refractivity (Wildman–Crippen MR) is 80.1 cm³/mol. The molecular formula is C15H34N2O. The summed E-state index contributed by atoms with van der Waals surface area (Å²) in [5.41, 5.74) is 0. The second-order valence-electron chi connectivity index (χ2n) is 5.99. The second-order valence-corrected chi connectivity index (χ2v) is 5.99. The fourth-order valence-electron chi connectivity index (χ4n) is 1.79.